The average molecular weight is 275 g/mol. The van der Waals surface area contributed by atoms with Crippen LogP contribution in [0.5, 0.6) is 0 Å². The van der Waals surface area contributed by atoms with Gasteiger partial charge in [0.2, 0.25) is 5.91 Å². The van der Waals surface area contributed by atoms with Gasteiger partial charge in [0.1, 0.15) is 5.82 Å². The van der Waals surface area contributed by atoms with Crippen molar-refractivity contribution in [3.63, 3.8) is 0 Å². The molecular formula is C13H20ClFN2O. The molecule has 0 radical (unpaired) electrons. The van der Waals surface area contributed by atoms with Crippen LogP contribution in [-0.4, -0.2) is 25.5 Å². The Hall–Kier alpha value is -1.13. The number of carbonyl (C=O) groups is 1. The van der Waals surface area contributed by atoms with Crippen LogP contribution in [-0.2, 0) is 11.2 Å². The molecule has 5 heteroatoms. The fraction of sp³-hybridized carbons (Fsp3) is 0.462. The molecule has 0 aromatic heterocycles. The normalized spacial score (nSPS) is 9.67. The Kier molecular flexibility index (Phi) is 9.24. The molecule has 1 aromatic carbocycles. The quantitative estimate of drug-likeness (QED) is 0.746. The van der Waals surface area contributed by atoms with Crippen molar-refractivity contribution in [3.8, 4) is 0 Å². The van der Waals surface area contributed by atoms with E-state index in [0.717, 1.165) is 25.1 Å². The number of benzene rings is 1. The topological polar surface area (TPSA) is 41.1 Å². The van der Waals surface area contributed by atoms with Gasteiger partial charge in [-0.3, -0.25) is 4.79 Å². The molecule has 0 bridgehead atoms. The van der Waals surface area contributed by atoms with Crippen molar-refractivity contribution in [3.05, 3.63) is 35.6 Å². The Labute approximate surface area is 114 Å². The minimum absolute atomic E-state index is 0. The van der Waals surface area contributed by atoms with E-state index < -0.39 is 0 Å². The molecular weight excluding hydrogens is 255 g/mol. The zero-order valence-corrected chi connectivity index (χ0v) is 11.4. The summed E-state index contributed by atoms with van der Waals surface area (Å²) in [6.07, 6.45) is 1.39. The number of rotatable bonds is 7. The Morgan fingerprint density at radius 3 is 2.44 bits per heavy atom. The minimum atomic E-state index is -0.280. The van der Waals surface area contributed by atoms with Gasteiger partial charge < -0.3 is 10.6 Å². The van der Waals surface area contributed by atoms with Crippen molar-refractivity contribution in [1.82, 2.24) is 10.6 Å². The molecule has 0 fully saturated rings. The van der Waals surface area contributed by atoms with Gasteiger partial charge in [-0.1, -0.05) is 19.1 Å². The molecule has 2 N–H and O–H groups in total. The van der Waals surface area contributed by atoms with E-state index in [2.05, 4.69) is 17.6 Å². The molecule has 0 unspecified atom stereocenters. The molecule has 1 aromatic rings. The standard InChI is InChI=1S/C13H19FN2O.ClH/c1-2-7-15-8-9-16-13(17)10-11-3-5-12(14)6-4-11;/h3-6,15H,2,7-10H2,1H3,(H,16,17);1H. The first-order valence-corrected chi connectivity index (χ1v) is 5.94. The van der Waals surface area contributed by atoms with Crippen molar-refractivity contribution in [2.45, 2.75) is 19.8 Å². The fourth-order valence-corrected chi connectivity index (χ4v) is 1.44. The molecule has 102 valence electrons. The van der Waals surface area contributed by atoms with Crippen LogP contribution in [0.4, 0.5) is 4.39 Å². The molecule has 0 aliphatic rings. The highest BCUT2D eigenvalue weighted by atomic mass is 35.5. The van der Waals surface area contributed by atoms with E-state index in [1.807, 2.05) is 0 Å². The minimum Gasteiger partial charge on any atom is -0.355 e. The van der Waals surface area contributed by atoms with Crippen LogP contribution in [0, 0.1) is 5.82 Å². The number of amides is 1. The second-order valence-electron chi connectivity index (χ2n) is 3.90. The maximum absolute atomic E-state index is 12.6. The van der Waals surface area contributed by atoms with Crippen LogP contribution in [0.25, 0.3) is 0 Å². The first kappa shape index (κ1) is 16.9. The third kappa shape index (κ3) is 7.25. The first-order chi connectivity index (χ1) is 8.22. The van der Waals surface area contributed by atoms with E-state index in [0.29, 0.717) is 13.0 Å². The summed E-state index contributed by atoms with van der Waals surface area (Å²) in [4.78, 5) is 11.5. The summed E-state index contributed by atoms with van der Waals surface area (Å²) in [6, 6.07) is 5.99. The number of hydrogen-bond acceptors (Lipinski definition) is 2. The number of nitrogens with one attached hydrogen (secondary N) is 2. The summed E-state index contributed by atoms with van der Waals surface area (Å²) in [5.74, 6) is -0.312. The van der Waals surface area contributed by atoms with Crippen molar-refractivity contribution in [2.75, 3.05) is 19.6 Å². The lowest BCUT2D eigenvalue weighted by Gasteiger charge is -2.06. The molecule has 18 heavy (non-hydrogen) atoms. The lowest BCUT2D eigenvalue weighted by molar-refractivity contribution is -0.120. The summed E-state index contributed by atoms with van der Waals surface area (Å²) >= 11 is 0. The summed E-state index contributed by atoms with van der Waals surface area (Å²) in [6.45, 7) is 4.47. The monoisotopic (exact) mass is 274 g/mol. The van der Waals surface area contributed by atoms with Crippen molar-refractivity contribution < 1.29 is 9.18 Å². The van der Waals surface area contributed by atoms with E-state index in [-0.39, 0.29) is 24.1 Å². The highest BCUT2D eigenvalue weighted by Crippen LogP contribution is 2.03. The molecule has 0 heterocycles. The summed E-state index contributed by atoms with van der Waals surface area (Å²) in [5, 5.41) is 6.01. The smallest absolute Gasteiger partial charge is 0.224 e. The molecule has 0 spiro atoms. The molecule has 1 rings (SSSR count). The second-order valence-corrected chi connectivity index (χ2v) is 3.90. The largest absolute Gasteiger partial charge is 0.355 e. The van der Waals surface area contributed by atoms with Gasteiger partial charge in [0.05, 0.1) is 6.42 Å². The predicted molar refractivity (Wildman–Crippen MR) is 73.5 cm³/mol. The summed E-state index contributed by atoms with van der Waals surface area (Å²) in [5.41, 5.74) is 0.824. The molecule has 0 saturated heterocycles. The van der Waals surface area contributed by atoms with Crippen molar-refractivity contribution in [2.24, 2.45) is 0 Å². The highest BCUT2D eigenvalue weighted by Gasteiger charge is 2.02. The van der Waals surface area contributed by atoms with Crippen molar-refractivity contribution in [1.29, 1.82) is 0 Å². The van der Waals surface area contributed by atoms with Crippen LogP contribution in [0.1, 0.15) is 18.9 Å². The van der Waals surface area contributed by atoms with Crippen LogP contribution in [0.3, 0.4) is 0 Å². The highest BCUT2D eigenvalue weighted by molar-refractivity contribution is 5.85. The van der Waals surface area contributed by atoms with E-state index in [1.165, 1.54) is 12.1 Å². The first-order valence-electron chi connectivity index (χ1n) is 5.94. The van der Waals surface area contributed by atoms with Crippen LogP contribution >= 0.6 is 12.4 Å². The predicted octanol–water partition coefficient (Wildman–Crippen LogP) is 1.91. The third-order valence-corrected chi connectivity index (χ3v) is 2.33. The van der Waals surface area contributed by atoms with E-state index in [1.54, 1.807) is 12.1 Å². The SMILES string of the molecule is CCCNCCNC(=O)Cc1ccc(F)cc1.Cl. The zero-order valence-electron chi connectivity index (χ0n) is 10.5. The van der Waals surface area contributed by atoms with Gasteiger partial charge in [0, 0.05) is 13.1 Å². The Balaban J connectivity index is 0.00000289. The van der Waals surface area contributed by atoms with E-state index >= 15 is 0 Å². The Morgan fingerprint density at radius 1 is 1.17 bits per heavy atom. The zero-order chi connectivity index (χ0) is 12.5. The Bertz CT molecular complexity index is 343. The van der Waals surface area contributed by atoms with Gasteiger partial charge >= 0.3 is 0 Å². The average Bonchev–Trinajstić information content (AvgIpc) is 2.32. The molecule has 0 saturated carbocycles. The van der Waals surface area contributed by atoms with Crippen LogP contribution < -0.4 is 10.6 Å². The molecule has 0 aliphatic heterocycles. The maximum Gasteiger partial charge on any atom is 0.224 e. The van der Waals surface area contributed by atoms with E-state index in [4.69, 9.17) is 0 Å². The number of halogens is 2. The lowest BCUT2D eigenvalue weighted by atomic mass is 10.1. The van der Waals surface area contributed by atoms with Gasteiger partial charge in [0.25, 0.3) is 0 Å². The fourth-order valence-electron chi connectivity index (χ4n) is 1.44. The van der Waals surface area contributed by atoms with Gasteiger partial charge in [0.15, 0.2) is 0 Å². The number of carbonyl (C=O) groups excluding carboxylic acids is 1. The maximum atomic E-state index is 12.6. The van der Waals surface area contributed by atoms with Gasteiger partial charge in [-0.25, -0.2) is 4.39 Å². The molecule has 0 aliphatic carbocycles. The van der Waals surface area contributed by atoms with Gasteiger partial charge in [-0.15, -0.1) is 12.4 Å². The Morgan fingerprint density at radius 2 is 1.83 bits per heavy atom. The summed E-state index contributed by atoms with van der Waals surface area (Å²) in [7, 11) is 0. The van der Waals surface area contributed by atoms with E-state index in [9.17, 15) is 9.18 Å². The van der Waals surface area contributed by atoms with Gasteiger partial charge in [-0.05, 0) is 30.7 Å². The van der Waals surface area contributed by atoms with Gasteiger partial charge in [-0.2, -0.15) is 0 Å². The number of hydrogen-bond donors (Lipinski definition) is 2. The molecule has 1 amide bonds. The van der Waals surface area contributed by atoms with Crippen molar-refractivity contribution >= 4 is 18.3 Å². The third-order valence-electron chi connectivity index (χ3n) is 2.33. The van der Waals surface area contributed by atoms with Crippen LogP contribution in [0.2, 0.25) is 0 Å². The molecule has 0 atom stereocenters. The van der Waals surface area contributed by atoms with Crippen LogP contribution in [0.15, 0.2) is 24.3 Å². The second kappa shape index (κ2) is 9.85. The molecule has 3 nitrogen and oxygen atoms in total. The summed E-state index contributed by atoms with van der Waals surface area (Å²) < 4.78 is 12.6. The lowest BCUT2D eigenvalue weighted by Crippen LogP contribution is -2.32.